The maximum absolute atomic E-state index is 11.4. The number of piperidine rings is 1. The van der Waals surface area contributed by atoms with E-state index in [-0.39, 0.29) is 12.6 Å². The topological polar surface area (TPSA) is 83.6 Å². The summed E-state index contributed by atoms with van der Waals surface area (Å²) in [6.07, 6.45) is 3.31. The number of aliphatic hydroxyl groups excluding tert-OH is 1. The Bertz CT molecular complexity index is 228. The number of aliphatic hydroxyl groups is 1. The molecule has 0 aromatic rings. The first-order chi connectivity index (χ1) is 6.66. The summed E-state index contributed by atoms with van der Waals surface area (Å²) in [5.41, 5.74) is 4.93. The van der Waals surface area contributed by atoms with E-state index >= 15 is 0 Å². The highest BCUT2D eigenvalue weighted by atomic mass is 16.3. The van der Waals surface area contributed by atoms with Crippen LogP contribution in [0.2, 0.25) is 0 Å². The fourth-order valence-electron chi connectivity index (χ4n) is 1.86. The first kappa shape index (κ1) is 11.0. The Morgan fingerprint density at radius 1 is 1.43 bits per heavy atom. The lowest BCUT2D eigenvalue weighted by molar-refractivity contribution is -0.146. The number of likely N-dealkylation sites (tertiary alicyclic amines) is 1. The van der Waals surface area contributed by atoms with Gasteiger partial charge >= 0.3 is 11.8 Å². The maximum Gasteiger partial charge on any atom is 0.311 e. The number of nitrogens with zero attached hydrogens (tertiary/aromatic N) is 1. The quantitative estimate of drug-likeness (QED) is 0.574. The summed E-state index contributed by atoms with van der Waals surface area (Å²) >= 11 is 0. The van der Waals surface area contributed by atoms with E-state index in [1.54, 1.807) is 0 Å². The summed E-state index contributed by atoms with van der Waals surface area (Å²) in [5, 5.41) is 8.80. The summed E-state index contributed by atoms with van der Waals surface area (Å²) in [6.45, 7) is 0.611. The first-order valence-electron chi connectivity index (χ1n) is 4.88. The van der Waals surface area contributed by atoms with Crippen LogP contribution >= 0.6 is 0 Å². The van der Waals surface area contributed by atoms with E-state index in [9.17, 15) is 9.59 Å². The highest BCUT2D eigenvalue weighted by Crippen LogP contribution is 2.19. The minimum Gasteiger partial charge on any atom is -0.396 e. The van der Waals surface area contributed by atoms with Crippen LogP contribution in [-0.2, 0) is 9.59 Å². The van der Waals surface area contributed by atoms with Gasteiger partial charge in [-0.05, 0) is 25.7 Å². The van der Waals surface area contributed by atoms with Gasteiger partial charge in [-0.2, -0.15) is 0 Å². The zero-order valence-electron chi connectivity index (χ0n) is 8.11. The van der Waals surface area contributed by atoms with Crippen LogP contribution in [0.5, 0.6) is 0 Å². The molecule has 0 spiro atoms. The zero-order chi connectivity index (χ0) is 10.6. The minimum absolute atomic E-state index is 0.0197. The molecule has 0 saturated carbocycles. The molecule has 1 saturated heterocycles. The molecule has 1 rings (SSSR count). The van der Waals surface area contributed by atoms with Gasteiger partial charge in [0.2, 0.25) is 0 Å². The normalized spacial score (nSPS) is 22.1. The SMILES string of the molecule is NC(=O)C(=O)N1CCCCC1CCO. The van der Waals surface area contributed by atoms with Crippen molar-refractivity contribution >= 4 is 11.8 Å². The van der Waals surface area contributed by atoms with Crippen molar-refractivity contribution in [3.05, 3.63) is 0 Å². The lowest BCUT2D eigenvalue weighted by Gasteiger charge is -2.34. The molecule has 1 unspecified atom stereocenters. The Kier molecular flexibility index (Phi) is 3.88. The standard InChI is InChI=1S/C9H16N2O3/c10-8(13)9(14)11-5-2-1-3-7(11)4-6-12/h7,12H,1-6H2,(H2,10,13). The summed E-state index contributed by atoms with van der Waals surface area (Å²) in [4.78, 5) is 23.6. The van der Waals surface area contributed by atoms with E-state index in [1.165, 1.54) is 4.90 Å². The molecular weight excluding hydrogens is 184 g/mol. The Morgan fingerprint density at radius 3 is 2.71 bits per heavy atom. The molecule has 14 heavy (non-hydrogen) atoms. The van der Waals surface area contributed by atoms with Gasteiger partial charge in [0.1, 0.15) is 0 Å². The molecule has 0 bridgehead atoms. The third kappa shape index (κ3) is 2.45. The Labute approximate surface area is 82.9 Å². The van der Waals surface area contributed by atoms with Crippen molar-refractivity contribution in [1.82, 2.24) is 4.90 Å². The lowest BCUT2D eigenvalue weighted by Crippen LogP contribution is -2.49. The number of nitrogens with two attached hydrogens (primary N) is 1. The molecule has 0 radical (unpaired) electrons. The van der Waals surface area contributed by atoms with Gasteiger partial charge in [-0.1, -0.05) is 0 Å². The van der Waals surface area contributed by atoms with Crippen LogP contribution in [-0.4, -0.2) is 41.0 Å². The Hall–Kier alpha value is -1.10. The van der Waals surface area contributed by atoms with Gasteiger partial charge < -0.3 is 15.7 Å². The van der Waals surface area contributed by atoms with Crippen LogP contribution in [0.1, 0.15) is 25.7 Å². The van der Waals surface area contributed by atoms with Gasteiger partial charge in [0.15, 0.2) is 0 Å². The molecule has 1 fully saturated rings. The van der Waals surface area contributed by atoms with Crippen LogP contribution in [0.25, 0.3) is 0 Å². The van der Waals surface area contributed by atoms with E-state index in [0.717, 1.165) is 19.3 Å². The van der Waals surface area contributed by atoms with Crippen molar-refractivity contribution < 1.29 is 14.7 Å². The predicted molar refractivity (Wildman–Crippen MR) is 50.2 cm³/mol. The van der Waals surface area contributed by atoms with Gasteiger partial charge in [-0.25, -0.2) is 0 Å². The van der Waals surface area contributed by atoms with Gasteiger partial charge in [0, 0.05) is 19.2 Å². The number of hydrogen-bond acceptors (Lipinski definition) is 3. The van der Waals surface area contributed by atoms with Gasteiger partial charge in [0.25, 0.3) is 0 Å². The van der Waals surface area contributed by atoms with Crippen molar-refractivity contribution in [2.75, 3.05) is 13.2 Å². The van der Waals surface area contributed by atoms with E-state index in [4.69, 9.17) is 10.8 Å². The molecule has 2 amide bonds. The number of primary amides is 1. The average molecular weight is 200 g/mol. The Morgan fingerprint density at radius 2 is 2.14 bits per heavy atom. The van der Waals surface area contributed by atoms with Gasteiger partial charge in [-0.3, -0.25) is 9.59 Å². The van der Waals surface area contributed by atoms with Crippen LogP contribution in [0.15, 0.2) is 0 Å². The molecule has 80 valence electrons. The Balaban J connectivity index is 2.62. The number of hydrogen-bond donors (Lipinski definition) is 2. The summed E-state index contributed by atoms with van der Waals surface area (Å²) in [6, 6.07) is -0.0197. The van der Waals surface area contributed by atoms with Crippen LogP contribution < -0.4 is 5.73 Å². The number of rotatable bonds is 2. The van der Waals surface area contributed by atoms with E-state index in [2.05, 4.69) is 0 Å². The predicted octanol–water partition coefficient (Wildman–Crippen LogP) is -0.765. The number of carbonyl (C=O) groups excluding carboxylic acids is 2. The highest BCUT2D eigenvalue weighted by Gasteiger charge is 2.28. The van der Waals surface area contributed by atoms with E-state index in [1.807, 2.05) is 0 Å². The van der Waals surface area contributed by atoms with Crippen molar-refractivity contribution in [2.24, 2.45) is 5.73 Å². The summed E-state index contributed by atoms with van der Waals surface area (Å²) in [5.74, 6) is -1.53. The van der Waals surface area contributed by atoms with Crippen molar-refractivity contribution in [3.8, 4) is 0 Å². The third-order valence-corrected chi connectivity index (χ3v) is 2.56. The van der Waals surface area contributed by atoms with Crippen molar-refractivity contribution in [1.29, 1.82) is 0 Å². The fourth-order valence-corrected chi connectivity index (χ4v) is 1.86. The van der Waals surface area contributed by atoms with Gasteiger partial charge in [-0.15, -0.1) is 0 Å². The van der Waals surface area contributed by atoms with E-state index < -0.39 is 11.8 Å². The number of carbonyl (C=O) groups is 2. The fraction of sp³-hybridized carbons (Fsp3) is 0.778. The maximum atomic E-state index is 11.4. The lowest BCUT2D eigenvalue weighted by atomic mass is 9.99. The summed E-state index contributed by atoms with van der Waals surface area (Å²) < 4.78 is 0. The molecule has 1 atom stereocenters. The van der Waals surface area contributed by atoms with Crippen molar-refractivity contribution in [2.45, 2.75) is 31.7 Å². The van der Waals surface area contributed by atoms with Crippen molar-refractivity contribution in [3.63, 3.8) is 0 Å². The monoisotopic (exact) mass is 200 g/mol. The molecule has 5 nitrogen and oxygen atoms in total. The van der Waals surface area contributed by atoms with Crippen LogP contribution in [0.4, 0.5) is 0 Å². The minimum atomic E-state index is -0.908. The van der Waals surface area contributed by atoms with Crippen LogP contribution in [0, 0.1) is 0 Å². The molecule has 3 N–H and O–H groups in total. The summed E-state index contributed by atoms with van der Waals surface area (Å²) in [7, 11) is 0. The van der Waals surface area contributed by atoms with E-state index in [0.29, 0.717) is 13.0 Å². The molecule has 1 aliphatic heterocycles. The van der Waals surface area contributed by atoms with Crippen LogP contribution in [0.3, 0.4) is 0 Å². The molecule has 1 aliphatic rings. The zero-order valence-corrected chi connectivity index (χ0v) is 8.11. The molecule has 0 aromatic carbocycles. The second-order valence-electron chi connectivity index (χ2n) is 3.52. The average Bonchev–Trinajstić information content (AvgIpc) is 2.18. The first-order valence-corrected chi connectivity index (χ1v) is 4.88. The molecule has 1 heterocycles. The highest BCUT2D eigenvalue weighted by molar-refractivity contribution is 6.34. The second kappa shape index (κ2) is 4.95. The molecule has 0 aliphatic carbocycles. The smallest absolute Gasteiger partial charge is 0.311 e. The molecule has 0 aromatic heterocycles. The second-order valence-corrected chi connectivity index (χ2v) is 3.52. The molecular formula is C9H16N2O3. The van der Waals surface area contributed by atoms with Gasteiger partial charge in [0.05, 0.1) is 0 Å². The third-order valence-electron chi connectivity index (χ3n) is 2.56. The largest absolute Gasteiger partial charge is 0.396 e. The molecule has 5 heteroatoms. The number of amides is 2.